The molecule has 0 aliphatic carbocycles. The summed E-state index contributed by atoms with van der Waals surface area (Å²) in [6.07, 6.45) is 6.72. The van der Waals surface area contributed by atoms with Gasteiger partial charge in [0.2, 0.25) is 0 Å². The third-order valence-corrected chi connectivity index (χ3v) is 4.61. The van der Waals surface area contributed by atoms with Crippen molar-refractivity contribution in [3.63, 3.8) is 0 Å². The number of piperidine rings is 1. The molecule has 1 aliphatic rings. The largest absolute Gasteiger partial charge is 0.369 e. The zero-order valence-corrected chi connectivity index (χ0v) is 14.3. The maximum Gasteiger partial charge on any atom is 0.0371 e. The van der Waals surface area contributed by atoms with Crippen molar-refractivity contribution in [2.45, 2.75) is 78.4 Å². The smallest absolute Gasteiger partial charge is 0.0371 e. The van der Waals surface area contributed by atoms with E-state index in [1.165, 1.54) is 55.5 Å². The Morgan fingerprint density at radius 1 is 1.29 bits per heavy atom. The second-order valence-corrected chi connectivity index (χ2v) is 6.78. The summed E-state index contributed by atoms with van der Waals surface area (Å²) in [5.41, 5.74) is 4.27. The lowest BCUT2D eigenvalue weighted by Crippen LogP contribution is -2.39. The van der Waals surface area contributed by atoms with Gasteiger partial charge in [0.15, 0.2) is 0 Å². The van der Waals surface area contributed by atoms with Gasteiger partial charge in [-0.05, 0) is 55.9 Å². The van der Waals surface area contributed by atoms with Crippen molar-refractivity contribution >= 4 is 5.69 Å². The van der Waals surface area contributed by atoms with Crippen molar-refractivity contribution in [3.05, 3.63) is 29.3 Å². The van der Waals surface area contributed by atoms with Crippen molar-refractivity contribution < 1.29 is 0 Å². The van der Waals surface area contributed by atoms with Crippen LogP contribution in [-0.2, 0) is 6.54 Å². The number of anilines is 1. The quantitative estimate of drug-likeness (QED) is 0.819. The molecule has 1 aromatic rings. The Labute approximate surface area is 130 Å². The summed E-state index contributed by atoms with van der Waals surface area (Å²) in [6.45, 7) is 11.2. The average molecular weight is 288 g/mol. The van der Waals surface area contributed by atoms with Gasteiger partial charge in [-0.15, -0.1) is 0 Å². The first-order valence-corrected chi connectivity index (χ1v) is 8.71. The van der Waals surface area contributed by atoms with Crippen LogP contribution in [-0.4, -0.2) is 18.6 Å². The van der Waals surface area contributed by atoms with Gasteiger partial charge >= 0.3 is 0 Å². The highest BCUT2D eigenvalue weighted by Gasteiger charge is 2.22. The van der Waals surface area contributed by atoms with E-state index in [4.69, 9.17) is 0 Å². The van der Waals surface area contributed by atoms with Gasteiger partial charge in [0.05, 0.1) is 0 Å². The van der Waals surface area contributed by atoms with Crippen LogP contribution in [0.15, 0.2) is 18.2 Å². The standard InChI is InChI=1S/C19H32N2/c1-5-8-18-9-6-7-12-21(18)19-11-10-17(16(4)13-19)14-20-15(2)3/h10-11,13,15,18,20H,5-9,12,14H2,1-4H3. The van der Waals surface area contributed by atoms with Crippen LogP contribution in [0.3, 0.4) is 0 Å². The Hall–Kier alpha value is -1.02. The molecule has 0 radical (unpaired) electrons. The third kappa shape index (κ3) is 4.47. The van der Waals surface area contributed by atoms with E-state index in [1.807, 2.05) is 0 Å². The Morgan fingerprint density at radius 2 is 2.10 bits per heavy atom. The second-order valence-electron chi connectivity index (χ2n) is 6.78. The van der Waals surface area contributed by atoms with Crippen LogP contribution >= 0.6 is 0 Å². The zero-order chi connectivity index (χ0) is 15.2. The minimum atomic E-state index is 0.542. The fraction of sp³-hybridized carbons (Fsp3) is 0.684. The number of hydrogen-bond donors (Lipinski definition) is 1. The number of hydrogen-bond acceptors (Lipinski definition) is 2. The lowest BCUT2D eigenvalue weighted by atomic mass is 9.96. The van der Waals surface area contributed by atoms with Crippen LogP contribution in [0.2, 0.25) is 0 Å². The van der Waals surface area contributed by atoms with Crippen molar-refractivity contribution in [3.8, 4) is 0 Å². The highest BCUT2D eigenvalue weighted by molar-refractivity contribution is 5.52. The number of benzene rings is 1. The van der Waals surface area contributed by atoms with Gasteiger partial charge in [-0.2, -0.15) is 0 Å². The lowest BCUT2D eigenvalue weighted by Gasteiger charge is -2.38. The highest BCUT2D eigenvalue weighted by atomic mass is 15.2. The van der Waals surface area contributed by atoms with E-state index in [0.29, 0.717) is 6.04 Å². The molecule has 2 rings (SSSR count). The Bertz CT molecular complexity index is 437. The Balaban J connectivity index is 2.10. The molecule has 2 nitrogen and oxygen atoms in total. The van der Waals surface area contributed by atoms with Gasteiger partial charge in [-0.3, -0.25) is 0 Å². The first kappa shape index (κ1) is 16.4. The molecular weight excluding hydrogens is 256 g/mol. The molecule has 1 aliphatic heterocycles. The lowest BCUT2D eigenvalue weighted by molar-refractivity contribution is 0.434. The highest BCUT2D eigenvalue weighted by Crippen LogP contribution is 2.28. The average Bonchev–Trinajstić information content (AvgIpc) is 2.47. The molecular formula is C19H32N2. The Morgan fingerprint density at radius 3 is 2.76 bits per heavy atom. The van der Waals surface area contributed by atoms with Crippen molar-refractivity contribution in [1.29, 1.82) is 0 Å². The van der Waals surface area contributed by atoms with Crippen LogP contribution < -0.4 is 10.2 Å². The predicted octanol–water partition coefficient (Wildman–Crippen LogP) is 4.65. The number of rotatable bonds is 6. The van der Waals surface area contributed by atoms with Gasteiger partial charge in [0, 0.05) is 30.9 Å². The third-order valence-electron chi connectivity index (χ3n) is 4.61. The van der Waals surface area contributed by atoms with E-state index >= 15 is 0 Å². The van der Waals surface area contributed by atoms with E-state index in [1.54, 1.807) is 0 Å². The maximum atomic E-state index is 3.52. The second kappa shape index (κ2) is 7.84. The zero-order valence-electron chi connectivity index (χ0n) is 14.3. The van der Waals surface area contributed by atoms with Crippen LogP contribution in [0.1, 0.15) is 64.0 Å². The van der Waals surface area contributed by atoms with Gasteiger partial charge < -0.3 is 10.2 Å². The van der Waals surface area contributed by atoms with Crippen molar-refractivity contribution in [2.75, 3.05) is 11.4 Å². The van der Waals surface area contributed by atoms with Gasteiger partial charge in [-0.25, -0.2) is 0 Å². The molecule has 21 heavy (non-hydrogen) atoms. The van der Waals surface area contributed by atoms with Crippen molar-refractivity contribution in [1.82, 2.24) is 5.32 Å². The fourth-order valence-electron chi connectivity index (χ4n) is 3.34. The van der Waals surface area contributed by atoms with Gasteiger partial charge in [-0.1, -0.05) is 33.3 Å². The molecule has 0 bridgehead atoms. The number of nitrogens with one attached hydrogen (secondary N) is 1. The molecule has 0 spiro atoms. The van der Waals surface area contributed by atoms with Crippen LogP contribution in [0, 0.1) is 6.92 Å². The number of nitrogens with zero attached hydrogens (tertiary/aromatic N) is 1. The van der Waals surface area contributed by atoms with E-state index in [0.717, 1.165) is 12.6 Å². The van der Waals surface area contributed by atoms with E-state index in [-0.39, 0.29) is 0 Å². The maximum absolute atomic E-state index is 3.52. The summed E-state index contributed by atoms with van der Waals surface area (Å²) in [4.78, 5) is 2.65. The molecule has 1 aromatic carbocycles. The molecule has 0 saturated carbocycles. The van der Waals surface area contributed by atoms with E-state index < -0.39 is 0 Å². The predicted molar refractivity (Wildman–Crippen MR) is 93.0 cm³/mol. The van der Waals surface area contributed by atoms with Crippen molar-refractivity contribution in [2.24, 2.45) is 0 Å². The molecule has 2 heteroatoms. The van der Waals surface area contributed by atoms with Gasteiger partial charge in [0.25, 0.3) is 0 Å². The molecule has 1 fully saturated rings. The summed E-state index contributed by atoms with van der Waals surface area (Å²) < 4.78 is 0. The number of aryl methyl sites for hydroxylation is 1. The molecule has 1 saturated heterocycles. The molecule has 1 atom stereocenters. The normalized spacial score (nSPS) is 19.3. The van der Waals surface area contributed by atoms with E-state index in [9.17, 15) is 0 Å². The molecule has 1 N–H and O–H groups in total. The molecule has 0 aromatic heterocycles. The fourth-order valence-corrected chi connectivity index (χ4v) is 3.34. The van der Waals surface area contributed by atoms with Crippen LogP contribution in [0.25, 0.3) is 0 Å². The summed E-state index contributed by atoms with van der Waals surface area (Å²) in [7, 11) is 0. The SMILES string of the molecule is CCCC1CCCCN1c1ccc(CNC(C)C)c(C)c1. The topological polar surface area (TPSA) is 15.3 Å². The molecule has 118 valence electrons. The monoisotopic (exact) mass is 288 g/mol. The first-order valence-electron chi connectivity index (χ1n) is 8.71. The van der Waals surface area contributed by atoms with Crippen LogP contribution in [0.4, 0.5) is 5.69 Å². The van der Waals surface area contributed by atoms with E-state index in [2.05, 4.69) is 56.1 Å². The first-order chi connectivity index (χ1) is 10.1. The van der Waals surface area contributed by atoms with Gasteiger partial charge in [0.1, 0.15) is 0 Å². The summed E-state index contributed by atoms with van der Waals surface area (Å²) in [5.74, 6) is 0. The summed E-state index contributed by atoms with van der Waals surface area (Å²) >= 11 is 0. The molecule has 1 unspecified atom stereocenters. The molecule has 0 amide bonds. The Kier molecular flexibility index (Phi) is 6.10. The summed E-state index contributed by atoms with van der Waals surface area (Å²) in [5, 5.41) is 3.52. The molecule has 1 heterocycles. The summed E-state index contributed by atoms with van der Waals surface area (Å²) in [6, 6.07) is 8.34. The van der Waals surface area contributed by atoms with Crippen LogP contribution in [0.5, 0.6) is 0 Å². The minimum Gasteiger partial charge on any atom is -0.369 e. The minimum absolute atomic E-state index is 0.542.